The van der Waals surface area contributed by atoms with Gasteiger partial charge in [0.15, 0.2) is 5.78 Å². The second kappa shape index (κ2) is 7.14. The van der Waals surface area contributed by atoms with Gasteiger partial charge >= 0.3 is 0 Å². The molecule has 0 saturated carbocycles. The molecule has 0 spiro atoms. The van der Waals surface area contributed by atoms with E-state index in [1.807, 2.05) is 6.92 Å². The zero-order chi connectivity index (χ0) is 14.4. The van der Waals surface area contributed by atoms with Crippen LogP contribution in [0.1, 0.15) is 37.6 Å². The lowest BCUT2D eigenvalue weighted by atomic mass is 10.1. The van der Waals surface area contributed by atoms with Crippen LogP contribution in [0.3, 0.4) is 0 Å². The molecule has 1 aromatic carbocycles. The minimum Gasteiger partial charge on any atom is -0.508 e. The van der Waals surface area contributed by atoms with Crippen molar-refractivity contribution in [3.63, 3.8) is 0 Å². The van der Waals surface area contributed by atoms with Gasteiger partial charge in [0.05, 0.1) is 12.1 Å². The molecule has 19 heavy (non-hydrogen) atoms. The van der Waals surface area contributed by atoms with E-state index in [4.69, 9.17) is 0 Å². The zero-order valence-electron chi connectivity index (χ0n) is 11.9. The van der Waals surface area contributed by atoms with Gasteiger partial charge in [-0.2, -0.15) is 0 Å². The molecule has 1 aromatic rings. The Balaban J connectivity index is 2.71. The number of rotatable bonds is 7. The van der Waals surface area contributed by atoms with Crippen LogP contribution in [0, 0.1) is 5.92 Å². The SMILES string of the molecule is CCC(C)CN(CC)CC(=O)c1ccc(O)cc1O. The van der Waals surface area contributed by atoms with Gasteiger partial charge in [0, 0.05) is 12.6 Å². The molecular formula is C15H23NO3. The lowest BCUT2D eigenvalue weighted by Gasteiger charge is -2.23. The fourth-order valence-corrected chi connectivity index (χ4v) is 1.92. The van der Waals surface area contributed by atoms with Gasteiger partial charge in [0.2, 0.25) is 0 Å². The second-order valence-electron chi connectivity index (χ2n) is 4.97. The van der Waals surface area contributed by atoms with Gasteiger partial charge in [0.25, 0.3) is 0 Å². The van der Waals surface area contributed by atoms with Gasteiger partial charge in [-0.15, -0.1) is 0 Å². The standard InChI is InChI=1S/C15H23NO3/c1-4-11(3)9-16(5-2)10-15(19)13-7-6-12(17)8-14(13)18/h6-8,11,17-18H,4-5,9-10H2,1-3H3. The van der Waals surface area contributed by atoms with Crippen molar-refractivity contribution in [3.05, 3.63) is 23.8 Å². The molecule has 1 unspecified atom stereocenters. The molecule has 4 nitrogen and oxygen atoms in total. The lowest BCUT2D eigenvalue weighted by Crippen LogP contribution is -2.33. The van der Waals surface area contributed by atoms with Crippen LogP contribution in [0.5, 0.6) is 11.5 Å². The first-order valence-electron chi connectivity index (χ1n) is 6.75. The Hall–Kier alpha value is -1.55. The molecular weight excluding hydrogens is 242 g/mol. The van der Waals surface area contributed by atoms with E-state index in [-0.39, 0.29) is 22.8 Å². The smallest absolute Gasteiger partial charge is 0.180 e. The van der Waals surface area contributed by atoms with Crippen molar-refractivity contribution >= 4 is 5.78 Å². The average Bonchev–Trinajstić information content (AvgIpc) is 2.37. The Labute approximate surface area is 114 Å². The van der Waals surface area contributed by atoms with E-state index in [2.05, 4.69) is 18.7 Å². The summed E-state index contributed by atoms with van der Waals surface area (Å²) in [7, 11) is 0. The third-order valence-corrected chi connectivity index (χ3v) is 3.36. The Morgan fingerprint density at radius 2 is 2.00 bits per heavy atom. The minimum absolute atomic E-state index is 0.0407. The number of hydrogen-bond donors (Lipinski definition) is 2. The summed E-state index contributed by atoms with van der Waals surface area (Å²) in [6.45, 7) is 8.27. The minimum atomic E-state index is -0.162. The number of carbonyl (C=O) groups is 1. The first-order chi connectivity index (χ1) is 8.97. The molecule has 0 aliphatic rings. The fourth-order valence-electron chi connectivity index (χ4n) is 1.92. The Morgan fingerprint density at radius 1 is 1.32 bits per heavy atom. The van der Waals surface area contributed by atoms with Crippen LogP contribution in [-0.2, 0) is 0 Å². The largest absolute Gasteiger partial charge is 0.508 e. The molecule has 0 aliphatic heterocycles. The number of phenols is 2. The van der Waals surface area contributed by atoms with Crippen molar-refractivity contribution in [2.45, 2.75) is 27.2 Å². The first-order valence-corrected chi connectivity index (χ1v) is 6.75. The first kappa shape index (κ1) is 15.5. The number of phenolic OH excluding ortho intramolecular Hbond substituents is 2. The van der Waals surface area contributed by atoms with Gasteiger partial charge in [-0.3, -0.25) is 9.69 Å². The van der Waals surface area contributed by atoms with E-state index in [9.17, 15) is 15.0 Å². The Bertz CT molecular complexity index is 431. The van der Waals surface area contributed by atoms with Crippen molar-refractivity contribution in [1.29, 1.82) is 0 Å². The van der Waals surface area contributed by atoms with Crippen molar-refractivity contribution in [3.8, 4) is 11.5 Å². The molecule has 0 fully saturated rings. The van der Waals surface area contributed by atoms with Crippen LogP contribution in [0.4, 0.5) is 0 Å². The molecule has 0 heterocycles. The summed E-state index contributed by atoms with van der Waals surface area (Å²) < 4.78 is 0. The van der Waals surface area contributed by atoms with Crippen LogP contribution < -0.4 is 0 Å². The van der Waals surface area contributed by atoms with Crippen LogP contribution in [0.2, 0.25) is 0 Å². The Kier molecular flexibility index (Phi) is 5.83. The second-order valence-corrected chi connectivity index (χ2v) is 4.97. The predicted octanol–water partition coefficient (Wildman–Crippen LogP) is 2.65. The third-order valence-electron chi connectivity index (χ3n) is 3.36. The van der Waals surface area contributed by atoms with Gasteiger partial charge in [0.1, 0.15) is 11.5 Å². The third kappa shape index (κ3) is 4.56. The van der Waals surface area contributed by atoms with Gasteiger partial charge in [-0.1, -0.05) is 27.2 Å². The molecule has 0 aliphatic carbocycles. The summed E-state index contributed by atoms with van der Waals surface area (Å²) in [5.74, 6) is 0.217. The lowest BCUT2D eigenvalue weighted by molar-refractivity contribution is 0.0921. The molecule has 0 amide bonds. The van der Waals surface area contributed by atoms with E-state index in [0.717, 1.165) is 19.5 Å². The van der Waals surface area contributed by atoms with E-state index in [1.54, 1.807) is 0 Å². The number of carbonyl (C=O) groups excluding carboxylic acids is 1. The molecule has 106 valence electrons. The molecule has 0 aromatic heterocycles. The Morgan fingerprint density at radius 3 is 2.53 bits per heavy atom. The summed E-state index contributed by atoms with van der Waals surface area (Å²) in [5, 5.41) is 18.9. The van der Waals surface area contributed by atoms with Gasteiger partial charge in [-0.05, 0) is 24.6 Å². The average molecular weight is 265 g/mol. The highest BCUT2D eigenvalue weighted by atomic mass is 16.3. The molecule has 0 bridgehead atoms. The number of hydrogen-bond acceptors (Lipinski definition) is 4. The maximum Gasteiger partial charge on any atom is 0.180 e. The number of ketones is 1. The summed E-state index contributed by atoms with van der Waals surface area (Å²) in [6.07, 6.45) is 1.08. The van der Waals surface area contributed by atoms with E-state index < -0.39 is 0 Å². The molecule has 1 atom stereocenters. The van der Waals surface area contributed by atoms with Crippen LogP contribution in [-0.4, -0.2) is 40.5 Å². The normalized spacial score (nSPS) is 12.6. The number of aromatic hydroxyl groups is 2. The fraction of sp³-hybridized carbons (Fsp3) is 0.533. The van der Waals surface area contributed by atoms with Crippen LogP contribution >= 0.6 is 0 Å². The predicted molar refractivity (Wildman–Crippen MR) is 75.7 cm³/mol. The van der Waals surface area contributed by atoms with E-state index in [1.165, 1.54) is 18.2 Å². The maximum absolute atomic E-state index is 12.1. The zero-order valence-corrected chi connectivity index (χ0v) is 11.9. The maximum atomic E-state index is 12.1. The number of benzene rings is 1. The molecule has 4 heteroatoms. The summed E-state index contributed by atoms with van der Waals surface area (Å²) in [4.78, 5) is 14.2. The summed E-state index contributed by atoms with van der Waals surface area (Å²) >= 11 is 0. The highest BCUT2D eigenvalue weighted by Gasteiger charge is 2.16. The summed E-state index contributed by atoms with van der Waals surface area (Å²) in [6, 6.07) is 4.07. The summed E-state index contributed by atoms with van der Waals surface area (Å²) in [5.41, 5.74) is 0.264. The number of nitrogens with zero attached hydrogens (tertiary/aromatic N) is 1. The molecule has 2 N–H and O–H groups in total. The van der Waals surface area contributed by atoms with Gasteiger partial charge in [-0.25, -0.2) is 0 Å². The topological polar surface area (TPSA) is 60.8 Å². The van der Waals surface area contributed by atoms with Crippen molar-refractivity contribution in [2.75, 3.05) is 19.6 Å². The van der Waals surface area contributed by atoms with Gasteiger partial charge < -0.3 is 10.2 Å². The molecule has 0 saturated heterocycles. The van der Waals surface area contributed by atoms with Crippen molar-refractivity contribution in [2.24, 2.45) is 5.92 Å². The van der Waals surface area contributed by atoms with Crippen molar-refractivity contribution < 1.29 is 15.0 Å². The van der Waals surface area contributed by atoms with Crippen LogP contribution in [0.25, 0.3) is 0 Å². The van der Waals surface area contributed by atoms with E-state index >= 15 is 0 Å². The number of Topliss-reactive ketones (excluding diaryl/α,β-unsaturated/α-hetero) is 1. The van der Waals surface area contributed by atoms with Crippen LogP contribution in [0.15, 0.2) is 18.2 Å². The number of likely N-dealkylation sites (N-methyl/N-ethyl adjacent to an activating group) is 1. The highest BCUT2D eigenvalue weighted by Crippen LogP contribution is 2.23. The highest BCUT2D eigenvalue weighted by molar-refractivity contribution is 6.00. The molecule has 1 rings (SSSR count). The quantitative estimate of drug-likeness (QED) is 0.744. The molecule has 0 radical (unpaired) electrons. The monoisotopic (exact) mass is 265 g/mol. The van der Waals surface area contributed by atoms with Crippen molar-refractivity contribution in [1.82, 2.24) is 4.90 Å². The van der Waals surface area contributed by atoms with E-state index in [0.29, 0.717) is 12.5 Å².